The number of rotatable bonds is 3. The summed E-state index contributed by atoms with van der Waals surface area (Å²) in [6.07, 6.45) is 1.91. The van der Waals surface area contributed by atoms with Gasteiger partial charge in [-0.15, -0.1) is 0 Å². The highest BCUT2D eigenvalue weighted by atomic mass is 16.6. The topological polar surface area (TPSA) is 45.2 Å². The number of hydrogen-bond acceptors (Lipinski definition) is 5. The van der Waals surface area contributed by atoms with Crippen LogP contribution in [0.3, 0.4) is 0 Å². The number of amides is 1. The van der Waals surface area contributed by atoms with Crippen molar-refractivity contribution >= 4 is 6.09 Å². The van der Waals surface area contributed by atoms with Crippen LogP contribution in [0.4, 0.5) is 4.79 Å². The van der Waals surface area contributed by atoms with Crippen LogP contribution < -0.4 is 0 Å². The average Bonchev–Trinajstić information content (AvgIpc) is 2.74. The molecule has 148 valence electrons. The zero-order chi connectivity index (χ0) is 18.6. The van der Waals surface area contributed by atoms with Gasteiger partial charge in [0, 0.05) is 44.8 Å². The van der Waals surface area contributed by atoms with Crippen LogP contribution in [0.25, 0.3) is 0 Å². The van der Waals surface area contributed by atoms with Gasteiger partial charge in [-0.05, 0) is 25.3 Å². The van der Waals surface area contributed by atoms with Crippen LogP contribution in [0, 0.1) is 0 Å². The Morgan fingerprint density at radius 3 is 2.59 bits per heavy atom. The Bertz CT molecular complexity index is 618. The van der Waals surface area contributed by atoms with E-state index in [1.54, 1.807) is 0 Å². The first-order valence-corrected chi connectivity index (χ1v) is 10.3. The highest BCUT2D eigenvalue weighted by Gasteiger charge is 2.38. The van der Waals surface area contributed by atoms with E-state index in [0.29, 0.717) is 24.7 Å². The summed E-state index contributed by atoms with van der Waals surface area (Å²) in [5, 5.41) is 0. The minimum atomic E-state index is -0.160. The summed E-state index contributed by atoms with van der Waals surface area (Å²) in [5.74, 6) is 0. The standard InChI is InChI=1S/C21H31N3O3/c1-2-27-21(25)22-10-8-18(9-11-22)23-12-13-24-19(14-23)15-26-16-20(24)17-6-4-3-5-7-17/h3-7,18-20H,2,8-16H2,1H3/t19-,20-/m1/s1. The molecule has 0 unspecified atom stereocenters. The molecular weight excluding hydrogens is 342 g/mol. The van der Waals surface area contributed by atoms with Gasteiger partial charge in [-0.25, -0.2) is 4.79 Å². The Hall–Kier alpha value is -1.63. The summed E-state index contributed by atoms with van der Waals surface area (Å²) in [4.78, 5) is 19.0. The van der Waals surface area contributed by atoms with E-state index in [0.717, 1.165) is 58.8 Å². The molecule has 0 aromatic heterocycles. The molecule has 0 radical (unpaired) electrons. The molecular formula is C21H31N3O3. The summed E-state index contributed by atoms with van der Waals surface area (Å²) in [6, 6.07) is 12.1. The van der Waals surface area contributed by atoms with Crippen LogP contribution in [-0.4, -0.2) is 85.4 Å². The zero-order valence-corrected chi connectivity index (χ0v) is 16.3. The molecule has 1 aromatic carbocycles. The molecule has 0 spiro atoms. The van der Waals surface area contributed by atoms with Crippen molar-refractivity contribution in [1.82, 2.24) is 14.7 Å². The number of piperidine rings is 1. The molecule has 3 aliphatic heterocycles. The molecule has 0 aliphatic carbocycles. The fourth-order valence-electron chi connectivity index (χ4n) is 4.79. The van der Waals surface area contributed by atoms with Crippen molar-refractivity contribution in [1.29, 1.82) is 0 Å². The maximum Gasteiger partial charge on any atom is 0.409 e. The summed E-state index contributed by atoms with van der Waals surface area (Å²) in [5.41, 5.74) is 1.36. The first-order valence-electron chi connectivity index (χ1n) is 10.3. The molecule has 3 fully saturated rings. The second kappa shape index (κ2) is 8.59. The average molecular weight is 373 g/mol. The molecule has 4 rings (SSSR count). The molecule has 0 N–H and O–H groups in total. The second-order valence-corrected chi connectivity index (χ2v) is 7.77. The van der Waals surface area contributed by atoms with Crippen molar-refractivity contribution < 1.29 is 14.3 Å². The fraction of sp³-hybridized carbons (Fsp3) is 0.667. The molecule has 2 atom stereocenters. The first kappa shape index (κ1) is 18.7. The molecule has 1 amide bonds. The number of fused-ring (bicyclic) bond motifs is 1. The molecule has 6 heteroatoms. The number of nitrogens with zero attached hydrogens (tertiary/aromatic N) is 3. The minimum absolute atomic E-state index is 0.160. The number of carbonyl (C=O) groups is 1. The molecule has 0 saturated carbocycles. The predicted octanol–water partition coefficient (Wildman–Crippen LogP) is 2.37. The smallest absolute Gasteiger partial charge is 0.409 e. The number of hydrogen-bond donors (Lipinski definition) is 0. The molecule has 27 heavy (non-hydrogen) atoms. The van der Waals surface area contributed by atoms with E-state index in [1.807, 2.05) is 11.8 Å². The van der Waals surface area contributed by atoms with Gasteiger partial charge in [0.05, 0.1) is 25.9 Å². The number of piperazine rings is 1. The van der Waals surface area contributed by atoms with Crippen LogP contribution in [0.15, 0.2) is 30.3 Å². The van der Waals surface area contributed by atoms with Crippen LogP contribution in [-0.2, 0) is 9.47 Å². The molecule has 3 heterocycles. The third kappa shape index (κ3) is 4.13. The van der Waals surface area contributed by atoms with Gasteiger partial charge >= 0.3 is 6.09 Å². The number of likely N-dealkylation sites (tertiary alicyclic amines) is 1. The SMILES string of the molecule is CCOC(=O)N1CCC(N2CCN3[C@@H](COC[C@@H]3c3ccccc3)C2)CC1. The van der Waals surface area contributed by atoms with Gasteiger partial charge < -0.3 is 14.4 Å². The maximum atomic E-state index is 11.9. The summed E-state index contributed by atoms with van der Waals surface area (Å²) in [6.45, 7) is 8.78. The Kier molecular flexibility index (Phi) is 5.95. The number of carbonyl (C=O) groups excluding carboxylic acids is 1. The molecule has 0 bridgehead atoms. The lowest BCUT2D eigenvalue weighted by atomic mass is 9.97. The monoisotopic (exact) mass is 373 g/mol. The molecule has 6 nitrogen and oxygen atoms in total. The van der Waals surface area contributed by atoms with Crippen molar-refractivity contribution in [3.8, 4) is 0 Å². The molecule has 3 saturated heterocycles. The Morgan fingerprint density at radius 1 is 1.07 bits per heavy atom. The van der Waals surface area contributed by atoms with E-state index in [2.05, 4.69) is 40.1 Å². The van der Waals surface area contributed by atoms with E-state index in [1.165, 1.54) is 5.56 Å². The Balaban J connectivity index is 1.33. The quantitative estimate of drug-likeness (QED) is 0.814. The lowest BCUT2D eigenvalue weighted by Crippen LogP contribution is -2.61. The van der Waals surface area contributed by atoms with Crippen molar-refractivity contribution in [2.45, 2.75) is 37.9 Å². The van der Waals surface area contributed by atoms with Gasteiger partial charge in [-0.3, -0.25) is 9.80 Å². The lowest BCUT2D eigenvalue weighted by molar-refractivity contribution is -0.0916. The summed E-state index contributed by atoms with van der Waals surface area (Å²) in [7, 11) is 0. The van der Waals surface area contributed by atoms with Crippen molar-refractivity contribution in [2.24, 2.45) is 0 Å². The largest absolute Gasteiger partial charge is 0.450 e. The van der Waals surface area contributed by atoms with E-state index in [4.69, 9.17) is 9.47 Å². The van der Waals surface area contributed by atoms with Crippen molar-refractivity contribution in [2.75, 3.05) is 52.5 Å². The van der Waals surface area contributed by atoms with Gasteiger partial charge in [-0.1, -0.05) is 30.3 Å². The first-order chi connectivity index (χ1) is 13.3. The van der Waals surface area contributed by atoms with Gasteiger partial charge in [0.2, 0.25) is 0 Å². The van der Waals surface area contributed by atoms with E-state index < -0.39 is 0 Å². The van der Waals surface area contributed by atoms with E-state index in [9.17, 15) is 4.79 Å². The Labute approximate surface area is 162 Å². The third-order valence-corrected chi connectivity index (χ3v) is 6.24. The van der Waals surface area contributed by atoms with Crippen LogP contribution >= 0.6 is 0 Å². The van der Waals surface area contributed by atoms with E-state index in [-0.39, 0.29) is 6.09 Å². The summed E-state index contributed by atoms with van der Waals surface area (Å²) < 4.78 is 11.1. The van der Waals surface area contributed by atoms with Gasteiger partial charge in [0.1, 0.15) is 0 Å². The second-order valence-electron chi connectivity index (χ2n) is 7.77. The van der Waals surface area contributed by atoms with Crippen molar-refractivity contribution in [3.05, 3.63) is 35.9 Å². The van der Waals surface area contributed by atoms with Crippen LogP contribution in [0.1, 0.15) is 31.4 Å². The predicted molar refractivity (Wildman–Crippen MR) is 104 cm³/mol. The van der Waals surface area contributed by atoms with Crippen LogP contribution in [0.2, 0.25) is 0 Å². The van der Waals surface area contributed by atoms with Crippen molar-refractivity contribution in [3.63, 3.8) is 0 Å². The number of ether oxygens (including phenoxy) is 2. The molecule has 1 aromatic rings. The zero-order valence-electron chi connectivity index (χ0n) is 16.3. The summed E-state index contributed by atoms with van der Waals surface area (Å²) >= 11 is 0. The van der Waals surface area contributed by atoms with Crippen LogP contribution in [0.5, 0.6) is 0 Å². The van der Waals surface area contributed by atoms with Gasteiger partial charge in [0.25, 0.3) is 0 Å². The van der Waals surface area contributed by atoms with Gasteiger partial charge in [0.15, 0.2) is 0 Å². The number of benzene rings is 1. The maximum absolute atomic E-state index is 11.9. The Morgan fingerprint density at radius 2 is 1.85 bits per heavy atom. The van der Waals surface area contributed by atoms with Gasteiger partial charge in [-0.2, -0.15) is 0 Å². The highest BCUT2D eigenvalue weighted by molar-refractivity contribution is 5.67. The van der Waals surface area contributed by atoms with E-state index >= 15 is 0 Å². The molecule has 3 aliphatic rings. The highest BCUT2D eigenvalue weighted by Crippen LogP contribution is 2.31. The minimum Gasteiger partial charge on any atom is -0.450 e. The number of morpholine rings is 1. The fourth-order valence-corrected chi connectivity index (χ4v) is 4.79. The lowest BCUT2D eigenvalue weighted by Gasteiger charge is -2.50. The normalized spacial score (nSPS) is 28.0. The third-order valence-electron chi connectivity index (χ3n) is 6.24.